The second-order valence-corrected chi connectivity index (χ2v) is 38.8. The van der Waals surface area contributed by atoms with Crippen molar-refractivity contribution in [3.8, 4) is 57.1 Å². The van der Waals surface area contributed by atoms with Crippen LogP contribution in [0.1, 0.15) is 136 Å². The van der Waals surface area contributed by atoms with Gasteiger partial charge in [-0.1, -0.05) is 78.4 Å². The molecule has 12 heterocycles. The number of benzene rings is 6. The van der Waals surface area contributed by atoms with E-state index in [2.05, 4.69) is 85.7 Å². The summed E-state index contributed by atoms with van der Waals surface area (Å²) in [6, 6.07) is 51.7. The molecule has 6 saturated heterocycles. The molecule has 0 amide bonds. The van der Waals surface area contributed by atoms with Crippen molar-refractivity contribution in [2.24, 2.45) is 34.0 Å². The van der Waals surface area contributed by atoms with E-state index in [4.69, 9.17) is 57.6 Å². The average Bonchev–Trinajstić information content (AvgIpc) is 1.54. The molecule has 0 bridgehead atoms. The normalized spacial score (nSPS) is 24.8. The van der Waals surface area contributed by atoms with E-state index in [1.165, 1.54) is 27.8 Å². The van der Waals surface area contributed by atoms with Gasteiger partial charge in [0, 0.05) is 160 Å². The molecule has 3 N–H and O–H groups in total. The maximum Gasteiger partial charge on any atom is 0.312 e. The fourth-order valence-electron chi connectivity index (χ4n) is 23.6. The van der Waals surface area contributed by atoms with Crippen LogP contribution in [-0.4, -0.2) is 219 Å². The van der Waals surface area contributed by atoms with Gasteiger partial charge in [-0.25, -0.2) is 19.3 Å². The Kier molecular flexibility index (Phi) is 26.6. The smallest absolute Gasteiger partial charge is 0.312 e. The Balaban J connectivity index is 0.000000129. The Morgan fingerprint density at radius 1 is 0.459 bits per heavy atom. The van der Waals surface area contributed by atoms with Crippen LogP contribution in [0.4, 0.5) is 21.8 Å². The van der Waals surface area contributed by atoms with Crippen molar-refractivity contribution in [3.05, 3.63) is 229 Å². The minimum Gasteiger partial charge on any atom is -0.488 e. The number of hydrogen-bond donors (Lipinski definition) is 3. The number of fused-ring (bicyclic) bond motifs is 6. The maximum atomic E-state index is 15.4. The van der Waals surface area contributed by atoms with Crippen LogP contribution in [0.25, 0.3) is 33.8 Å². The van der Waals surface area contributed by atoms with Crippen LogP contribution in [-0.2, 0) is 102 Å². The highest BCUT2D eigenvalue weighted by atomic mass is 19.1. The quantitative estimate of drug-likeness (QED) is 0.0431. The molecule has 3 aliphatic carbocycles. The number of carboxylic acids is 3. The maximum absolute atomic E-state index is 15.4. The van der Waals surface area contributed by atoms with Gasteiger partial charge in [0.1, 0.15) is 60.3 Å². The zero-order valence-electron chi connectivity index (χ0n) is 77.5. The Bertz CT molecular complexity index is 5880. The summed E-state index contributed by atoms with van der Waals surface area (Å²) in [5.74, 6) is 2.47. The summed E-state index contributed by atoms with van der Waals surface area (Å²) in [7, 11) is 4.86. The van der Waals surface area contributed by atoms with E-state index in [0.717, 1.165) is 243 Å². The van der Waals surface area contributed by atoms with Crippen molar-refractivity contribution in [2.45, 2.75) is 180 Å². The van der Waals surface area contributed by atoms with Crippen molar-refractivity contribution in [1.82, 2.24) is 29.7 Å². The highest BCUT2D eigenvalue weighted by molar-refractivity contribution is 5.85. The predicted molar refractivity (Wildman–Crippen MR) is 502 cm³/mol. The zero-order valence-corrected chi connectivity index (χ0v) is 77.5. The van der Waals surface area contributed by atoms with Crippen molar-refractivity contribution in [2.75, 3.05) is 135 Å². The summed E-state index contributed by atoms with van der Waals surface area (Å²) < 4.78 is 68.0. The average molecular weight is 1810 g/mol. The third-order valence-electron chi connectivity index (χ3n) is 31.3. The Morgan fingerprint density at radius 2 is 0.880 bits per heavy atom. The number of nitriles is 1. The van der Waals surface area contributed by atoms with Gasteiger partial charge in [-0.05, 0) is 256 Å². The van der Waals surface area contributed by atoms with E-state index in [1.807, 2.05) is 117 Å². The number of para-hydroxylation sites is 2. The number of piperidine rings is 3. The Hall–Kier alpha value is -11.0. The third kappa shape index (κ3) is 18.0. The van der Waals surface area contributed by atoms with Gasteiger partial charge in [0.05, 0.1) is 82.9 Å². The summed E-state index contributed by atoms with van der Waals surface area (Å²) in [6.45, 7) is 22.9. The number of aryl methyl sites for hydroxylation is 3. The molecule has 3 aromatic heterocycles. The van der Waals surface area contributed by atoms with E-state index in [9.17, 15) is 35.0 Å². The molecule has 0 radical (unpaired) electrons. The zero-order chi connectivity index (χ0) is 92.0. The van der Waals surface area contributed by atoms with Crippen molar-refractivity contribution in [3.63, 3.8) is 0 Å². The minimum absolute atomic E-state index is 0.102. The fourth-order valence-corrected chi connectivity index (χ4v) is 23.6. The van der Waals surface area contributed by atoms with Crippen molar-refractivity contribution in [1.29, 1.82) is 5.26 Å². The molecule has 21 rings (SSSR count). The molecule has 698 valence electrons. The van der Waals surface area contributed by atoms with Gasteiger partial charge < -0.3 is 72.7 Å². The highest BCUT2D eigenvalue weighted by Crippen LogP contribution is 2.65. The first-order valence-corrected chi connectivity index (χ1v) is 47.7. The molecular formula is C107H123FN10O15. The molecule has 133 heavy (non-hydrogen) atoms. The third-order valence-corrected chi connectivity index (χ3v) is 31.3. The van der Waals surface area contributed by atoms with Crippen LogP contribution in [0.3, 0.4) is 0 Å². The number of halogens is 1. The first-order chi connectivity index (χ1) is 64.7. The van der Waals surface area contributed by atoms with E-state index in [-0.39, 0.29) is 48.3 Å². The Labute approximate surface area is 778 Å². The number of carbonyl (C=O) groups is 3. The molecule has 26 heteroatoms. The number of carboxylic acid groups (broad SMARTS) is 3. The molecule has 6 aromatic carbocycles. The van der Waals surface area contributed by atoms with Gasteiger partial charge in [-0.3, -0.25) is 29.1 Å². The van der Waals surface area contributed by atoms with Crippen LogP contribution in [0, 0.1) is 78.8 Å². The number of methoxy groups -OCH3 is 3. The van der Waals surface area contributed by atoms with E-state index >= 15 is 4.39 Å². The molecular weight excluding hydrogens is 1680 g/mol. The van der Waals surface area contributed by atoms with Crippen LogP contribution in [0.5, 0.6) is 17.2 Å². The lowest BCUT2D eigenvalue weighted by Gasteiger charge is -2.38. The minimum atomic E-state index is -0.765. The van der Waals surface area contributed by atoms with E-state index in [0.29, 0.717) is 102 Å². The summed E-state index contributed by atoms with van der Waals surface area (Å²) >= 11 is 0. The lowest BCUT2D eigenvalue weighted by atomic mass is 9.90. The Morgan fingerprint density at radius 3 is 1.33 bits per heavy atom. The first kappa shape index (κ1) is 91.2. The van der Waals surface area contributed by atoms with E-state index < -0.39 is 34.2 Å². The topological polar surface area (TPSA) is 277 Å². The van der Waals surface area contributed by atoms with E-state index in [1.54, 1.807) is 27.4 Å². The standard InChI is InChI=1S/C36H40N4O5.C36H43N3O5.C35H40FN3O5/c1-23-5-3-6-29(31-7-4-8-33(38-31)40-19-27-17-36(27,35(41)42)32(40)22-43-2)34(23)45-21-24-15-25-9-12-39(28-10-13-44-14-11-28)20-30(25)26(16-24)18-37;1-23-7-10-32(44-21-26-9-8-25-19-38(14-11-29(25)24(26)2)28-12-15-43-16-13-28)30(17-23)31-5-4-6-34(37-31)39-20-27-18-36(27,35(40)41)33(39)22-42-3;1-22-5-3-6-27(30-7-4-8-32(37-30)39-18-25-17-35(25,34(40)41)31(39)21-42-2)33(22)44-20-23-15-24-9-12-38(19-28(24)29(36)16-23)26-10-13-43-14-11-26/h3-8,15-16,27-28,32H,9-14,17,19-22H2,1-2H3,(H,41,42);4-10,17,27-28,33H,11-16,18-22H2,1-3H3,(H,40,41);3-8,15-16,25-26,31H,9-14,17-21H2,1-2H3,(H,40,41)/t27-,32+,36+;27-,33+,36+;25-,31+,35+/m000/s1. The molecule has 3 saturated carbocycles. The lowest BCUT2D eigenvalue weighted by molar-refractivity contribution is -0.145. The molecule has 9 atom stereocenters. The molecule has 9 aliphatic heterocycles. The molecule has 0 spiro atoms. The second kappa shape index (κ2) is 38.8. The lowest BCUT2D eigenvalue weighted by Crippen LogP contribution is -2.43. The van der Waals surface area contributed by atoms with Gasteiger partial charge in [0.15, 0.2) is 0 Å². The summed E-state index contributed by atoms with van der Waals surface area (Å²) in [5.41, 5.74) is 18.1. The predicted octanol–water partition coefficient (Wildman–Crippen LogP) is 15.6. The number of ether oxygens (including phenoxy) is 9. The number of pyridine rings is 3. The van der Waals surface area contributed by atoms with Crippen LogP contribution in [0.15, 0.2) is 146 Å². The van der Waals surface area contributed by atoms with Crippen molar-refractivity contribution < 1.29 is 76.7 Å². The van der Waals surface area contributed by atoms with Crippen LogP contribution >= 0.6 is 0 Å². The monoisotopic (exact) mass is 1810 g/mol. The number of hydrogen-bond acceptors (Lipinski definition) is 22. The number of aromatic nitrogens is 3. The van der Waals surface area contributed by atoms with Gasteiger partial charge in [-0.15, -0.1) is 0 Å². The molecule has 0 unspecified atom stereocenters. The fraction of sp³-hybridized carbons (Fsp3) is 0.486. The SMILES string of the molecule is COC[C@H]1N(c2cccc(-c3cc(C)ccc3OCc3ccc4c(c3C)CCN(C3CCOCC3)C4)n2)C[C@@H]2C[C@@]21C(=O)O.COC[C@H]1N(c2cccc(-c3cccc(C)c3OCc3cc(C#N)c4c(c3)CCN(C3CCOCC3)C4)n2)C[C@@H]2C[C@@]21C(=O)O.COC[C@H]1N(c2cccc(-c3cccc(C)c3OCc3cc(F)c4c(c3)CCN(C3CCOCC3)C4)n2)C[C@@H]2C[C@@]21C(=O)O. The van der Waals surface area contributed by atoms with Gasteiger partial charge in [-0.2, -0.15) is 5.26 Å². The summed E-state index contributed by atoms with van der Waals surface area (Å²) in [4.78, 5) is 65.7. The molecule has 12 aliphatic rings. The van der Waals surface area contributed by atoms with Crippen LogP contribution in [0.2, 0.25) is 0 Å². The van der Waals surface area contributed by atoms with Gasteiger partial charge in [0.2, 0.25) is 0 Å². The number of aliphatic carboxylic acids is 3. The van der Waals surface area contributed by atoms with Crippen LogP contribution < -0.4 is 28.9 Å². The second-order valence-electron chi connectivity index (χ2n) is 38.8. The summed E-state index contributed by atoms with van der Waals surface area (Å²) in [5, 5.41) is 40.2. The number of anilines is 3. The largest absolute Gasteiger partial charge is 0.488 e. The van der Waals surface area contributed by atoms with Gasteiger partial charge in [0.25, 0.3) is 0 Å². The molecule has 25 nitrogen and oxygen atoms in total. The highest BCUT2D eigenvalue weighted by Gasteiger charge is 2.73. The van der Waals surface area contributed by atoms with Gasteiger partial charge >= 0.3 is 17.9 Å². The number of rotatable bonds is 27. The first-order valence-electron chi connectivity index (χ1n) is 47.7. The van der Waals surface area contributed by atoms with Crippen molar-refractivity contribution >= 4 is 35.4 Å². The summed E-state index contributed by atoms with van der Waals surface area (Å²) in [6.07, 6.45) is 11.3. The molecule has 9 fully saturated rings. The molecule has 9 aromatic rings. The number of nitrogens with zero attached hydrogens (tertiary/aromatic N) is 10.